The van der Waals surface area contributed by atoms with E-state index in [0.29, 0.717) is 26.2 Å². The minimum absolute atomic E-state index is 0.0878. The normalized spacial score (nSPS) is 22.2. The third kappa shape index (κ3) is 4.35. The maximum Gasteiger partial charge on any atom is 0.391 e. The van der Waals surface area contributed by atoms with Crippen LogP contribution in [0.5, 0.6) is 0 Å². The van der Waals surface area contributed by atoms with E-state index in [1.54, 1.807) is 6.92 Å². The Kier molecular flexibility index (Phi) is 5.20. The highest BCUT2D eigenvalue weighted by Gasteiger charge is 2.42. The topological polar surface area (TPSA) is 58.4 Å². The van der Waals surface area contributed by atoms with Crippen molar-refractivity contribution in [2.24, 2.45) is 11.7 Å². The lowest BCUT2D eigenvalue weighted by Gasteiger charge is -2.38. The van der Waals surface area contributed by atoms with Gasteiger partial charge in [-0.3, -0.25) is 4.79 Å². The zero-order valence-corrected chi connectivity index (χ0v) is 11.4. The molecule has 7 heteroatoms. The third-order valence-corrected chi connectivity index (χ3v) is 3.70. The second-order valence-electron chi connectivity index (χ2n) is 5.32. The van der Waals surface area contributed by atoms with Gasteiger partial charge >= 0.3 is 6.18 Å². The zero-order valence-electron chi connectivity index (χ0n) is 11.4. The number of rotatable bonds is 5. The Morgan fingerprint density at radius 2 is 1.89 bits per heavy atom. The number of primary amides is 1. The number of likely N-dealkylation sites (tertiary alicyclic amines) is 1. The van der Waals surface area contributed by atoms with Crippen LogP contribution in [0, 0.1) is 5.92 Å². The van der Waals surface area contributed by atoms with E-state index in [4.69, 9.17) is 5.73 Å². The molecule has 1 heterocycles. The molecule has 1 amide bonds. The van der Waals surface area contributed by atoms with Crippen molar-refractivity contribution in [2.75, 3.05) is 26.2 Å². The molecule has 3 N–H and O–H groups in total. The van der Waals surface area contributed by atoms with E-state index >= 15 is 0 Å². The first-order valence-corrected chi connectivity index (χ1v) is 6.53. The molecule has 0 aromatic rings. The lowest BCUT2D eigenvalue weighted by molar-refractivity contribution is -0.185. The Balaban J connectivity index is 2.54. The fourth-order valence-corrected chi connectivity index (χ4v) is 2.48. The fraction of sp³-hybridized carbons (Fsp3) is 0.917. The summed E-state index contributed by atoms with van der Waals surface area (Å²) in [7, 11) is 0. The van der Waals surface area contributed by atoms with E-state index in [-0.39, 0.29) is 12.8 Å². The summed E-state index contributed by atoms with van der Waals surface area (Å²) < 4.78 is 37.7. The van der Waals surface area contributed by atoms with Gasteiger partial charge < -0.3 is 16.0 Å². The first-order chi connectivity index (χ1) is 8.69. The van der Waals surface area contributed by atoms with Gasteiger partial charge in [0.2, 0.25) is 5.91 Å². The number of carbonyl (C=O) groups is 1. The van der Waals surface area contributed by atoms with Crippen molar-refractivity contribution >= 4 is 5.91 Å². The highest BCUT2D eigenvalue weighted by atomic mass is 19.4. The average molecular weight is 281 g/mol. The standard InChI is InChI=1S/C12H22F3N3O/c1-3-17-11(2,10(16)19)8-18-6-4-9(5-7-18)12(13,14)15/h9,17H,3-8H2,1-2H3,(H2,16,19). The SMILES string of the molecule is CCNC(C)(CN1CCC(C(F)(F)F)CC1)C(N)=O. The van der Waals surface area contributed by atoms with Crippen LogP contribution >= 0.6 is 0 Å². The molecule has 4 nitrogen and oxygen atoms in total. The van der Waals surface area contributed by atoms with Crippen LogP contribution in [0.3, 0.4) is 0 Å². The lowest BCUT2D eigenvalue weighted by atomic mass is 9.93. The number of piperidine rings is 1. The van der Waals surface area contributed by atoms with E-state index in [0.717, 1.165) is 0 Å². The first-order valence-electron chi connectivity index (χ1n) is 6.53. The Bertz CT molecular complexity index is 314. The number of nitrogens with two attached hydrogens (primary N) is 1. The predicted molar refractivity (Wildman–Crippen MR) is 66.5 cm³/mol. The summed E-state index contributed by atoms with van der Waals surface area (Å²) in [6.07, 6.45) is -3.93. The molecule has 1 saturated heterocycles. The molecule has 1 atom stereocenters. The summed E-state index contributed by atoms with van der Waals surface area (Å²) in [5.41, 5.74) is 4.47. The molecule has 0 aromatic heterocycles. The molecule has 112 valence electrons. The van der Waals surface area contributed by atoms with Crippen molar-refractivity contribution in [1.29, 1.82) is 0 Å². The van der Waals surface area contributed by atoms with Gasteiger partial charge in [0.05, 0.1) is 5.92 Å². The summed E-state index contributed by atoms with van der Waals surface area (Å²) in [6, 6.07) is 0. The van der Waals surface area contributed by atoms with Gasteiger partial charge in [-0.25, -0.2) is 0 Å². The molecule has 0 radical (unpaired) electrons. The minimum Gasteiger partial charge on any atom is -0.368 e. The van der Waals surface area contributed by atoms with Gasteiger partial charge in [0, 0.05) is 6.54 Å². The fourth-order valence-electron chi connectivity index (χ4n) is 2.48. The van der Waals surface area contributed by atoms with Crippen LogP contribution in [0.25, 0.3) is 0 Å². The van der Waals surface area contributed by atoms with E-state index < -0.39 is 23.5 Å². The van der Waals surface area contributed by atoms with Gasteiger partial charge in [0.1, 0.15) is 5.54 Å². The van der Waals surface area contributed by atoms with E-state index in [1.165, 1.54) is 0 Å². The number of carbonyl (C=O) groups excluding carboxylic acids is 1. The third-order valence-electron chi connectivity index (χ3n) is 3.70. The van der Waals surface area contributed by atoms with E-state index in [2.05, 4.69) is 5.32 Å². The van der Waals surface area contributed by atoms with E-state index in [1.807, 2.05) is 11.8 Å². The molecule has 19 heavy (non-hydrogen) atoms. The van der Waals surface area contributed by atoms with Crippen molar-refractivity contribution < 1.29 is 18.0 Å². The molecule has 0 aromatic carbocycles. The summed E-state index contributed by atoms with van der Waals surface area (Å²) in [5, 5.41) is 3.01. The van der Waals surface area contributed by atoms with Gasteiger partial charge in [0.25, 0.3) is 0 Å². The van der Waals surface area contributed by atoms with Crippen molar-refractivity contribution in [3.8, 4) is 0 Å². The average Bonchev–Trinajstić information content (AvgIpc) is 2.28. The smallest absolute Gasteiger partial charge is 0.368 e. The Hall–Kier alpha value is -0.820. The largest absolute Gasteiger partial charge is 0.391 e. The number of amides is 1. The number of halogens is 3. The Morgan fingerprint density at radius 1 is 1.37 bits per heavy atom. The van der Waals surface area contributed by atoms with Crippen molar-refractivity contribution in [3.05, 3.63) is 0 Å². The number of likely N-dealkylation sites (N-methyl/N-ethyl adjacent to an activating group) is 1. The first kappa shape index (κ1) is 16.2. The monoisotopic (exact) mass is 281 g/mol. The van der Waals surface area contributed by atoms with Crippen LogP contribution < -0.4 is 11.1 Å². The number of nitrogens with zero attached hydrogens (tertiary/aromatic N) is 1. The molecule has 0 aliphatic carbocycles. The summed E-state index contributed by atoms with van der Waals surface area (Å²) >= 11 is 0. The molecule has 1 rings (SSSR count). The molecule has 1 fully saturated rings. The maximum absolute atomic E-state index is 12.6. The zero-order chi connectivity index (χ0) is 14.7. The van der Waals surface area contributed by atoms with Crippen LogP contribution in [0.2, 0.25) is 0 Å². The van der Waals surface area contributed by atoms with Crippen molar-refractivity contribution in [1.82, 2.24) is 10.2 Å². The second kappa shape index (κ2) is 6.09. The maximum atomic E-state index is 12.6. The van der Waals surface area contributed by atoms with Gasteiger partial charge in [-0.15, -0.1) is 0 Å². The summed E-state index contributed by atoms with van der Waals surface area (Å²) in [5.74, 6) is -1.70. The number of alkyl halides is 3. The molecule has 1 aliphatic rings. The summed E-state index contributed by atoms with van der Waals surface area (Å²) in [6.45, 7) is 5.17. The molecule has 0 bridgehead atoms. The van der Waals surface area contributed by atoms with Crippen molar-refractivity contribution in [3.63, 3.8) is 0 Å². The number of nitrogens with one attached hydrogen (secondary N) is 1. The van der Waals surface area contributed by atoms with Crippen LogP contribution in [0.4, 0.5) is 13.2 Å². The van der Waals surface area contributed by atoms with Crippen LogP contribution in [-0.4, -0.2) is 48.7 Å². The van der Waals surface area contributed by atoms with Crippen LogP contribution in [0.1, 0.15) is 26.7 Å². The lowest BCUT2D eigenvalue weighted by Crippen LogP contribution is -2.60. The Morgan fingerprint density at radius 3 is 2.26 bits per heavy atom. The molecule has 1 aliphatic heterocycles. The van der Waals surface area contributed by atoms with Crippen LogP contribution in [-0.2, 0) is 4.79 Å². The second-order valence-corrected chi connectivity index (χ2v) is 5.32. The predicted octanol–water partition coefficient (Wildman–Crippen LogP) is 1.11. The minimum atomic E-state index is -4.11. The molecular weight excluding hydrogens is 259 g/mol. The molecular formula is C12H22F3N3O. The molecule has 1 unspecified atom stereocenters. The van der Waals surface area contributed by atoms with Gasteiger partial charge in [-0.2, -0.15) is 13.2 Å². The van der Waals surface area contributed by atoms with Gasteiger partial charge in [-0.1, -0.05) is 6.92 Å². The summed E-state index contributed by atoms with van der Waals surface area (Å²) in [4.78, 5) is 13.3. The van der Waals surface area contributed by atoms with Crippen LogP contribution in [0.15, 0.2) is 0 Å². The highest BCUT2D eigenvalue weighted by Crippen LogP contribution is 2.34. The van der Waals surface area contributed by atoms with Gasteiger partial charge in [-0.05, 0) is 39.4 Å². The molecule has 0 spiro atoms. The Labute approximate surface area is 111 Å². The van der Waals surface area contributed by atoms with E-state index in [9.17, 15) is 18.0 Å². The van der Waals surface area contributed by atoms with Gasteiger partial charge in [0.15, 0.2) is 0 Å². The highest BCUT2D eigenvalue weighted by molar-refractivity contribution is 5.84. The quantitative estimate of drug-likeness (QED) is 0.794. The molecule has 0 saturated carbocycles. The van der Waals surface area contributed by atoms with Crippen molar-refractivity contribution in [2.45, 2.75) is 38.4 Å². The number of hydrogen-bond acceptors (Lipinski definition) is 3. The number of hydrogen-bond donors (Lipinski definition) is 2.